The molecule has 5 nitrogen and oxygen atoms in total. The van der Waals surface area contributed by atoms with Crippen molar-refractivity contribution in [3.63, 3.8) is 0 Å². The Labute approximate surface area is 121 Å². The molecule has 0 heterocycles. The van der Waals surface area contributed by atoms with Gasteiger partial charge in [-0.1, -0.05) is 6.08 Å². The lowest BCUT2D eigenvalue weighted by Crippen LogP contribution is -2.41. The van der Waals surface area contributed by atoms with E-state index in [4.69, 9.17) is 9.84 Å². The minimum atomic E-state index is -4.34. The molecular weight excluding hydrogens is 291 g/mol. The Morgan fingerprint density at radius 1 is 1.29 bits per heavy atom. The van der Waals surface area contributed by atoms with Crippen LogP contribution in [0.2, 0.25) is 0 Å². The van der Waals surface area contributed by atoms with E-state index in [0.717, 1.165) is 12.8 Å². The van der Waals surface area contributed by atoms with Crippen molar-refractivity contribution in [3.8, 4) is 0 Å². The normalized spacial score (nSPS) is 12.5. The number of aliphatic carboxylic acids is 1. The van der Waals surface area contributed by atoms with Crippen LogP contribution >= 0.6 is 0 Å². The van der Waals surface area contributed by atoms with Gasteiger partial charge < -0.3 is 15.2 Å². The van der Waals surface area contributed by atoms with E-state index in [9.17, 15) is 22.8 Å². The predicted molar refractivity (Wildman–Crippen MR) is 69.9 cm³/mol. The Morgan fingerprint density at radius 2 is 1.95 bits per heavy atom. The zero-order valence-corrected chi connectivity index (χ0v) is 11.6. The number of amides is 1. The van der Waals surface area contributed by atoms with E-state index in [1.807, 2.05) is 5.32 Å². The summed E-state index contributed by atoms with van der Waals surface area (Å²) >= 11 is 0. The molecule has 0 radical (unpaired) electrons. The molecule has 8 heteroatoms. The summed E-state index contributed by atoms with van der Waals surface area (Å²) in [7, 11) is 0. The lowest BCUT2D eigenvalue weighted by atomic mass is 10.1. The first-order chi connectivity index (χ1) is 9.76. The third kappa shape index (κ3) is 11.8. The first-order valence-electron chi connectivity index (χ1n) is 6.60. The molecule has 1 amide bonds. The highest BCUT2D eigenvalue weighted by atomic mass is 19.4. The van der Waals surface area contributed by atoms with Crippen molar-refractivity contribution >= 4 is 12.1 Å². The number of ether oxygens (including phenoxy) is 1. The number of hydrogen-bond acceptors (Lipinski definition) is 3. The van der Waals surface area contributed by atoms with Gasteiger partial charge in [0.25, 0.3) is 0 Å². The molecule has 0 bridgehead atoms. The molecule has 0 rings (SSSR count). The van der Waals surface area contributed by atoms with Crippen LogP contribution in [0.3, 0.4) is 0 Å². The lowest BCUT2D eigenvalue weighted by Gasteiger charge is -2.15. The van der Waals surface area contributed by atoms with Gasteiger partial charge in [0.15, 0.2) is 0 Å². The van der Waals surface area contributed by atoms with Gasteiger partial charge in [0.2, 0.25) is 0 Å². The fourth-order valence-electron chi connectivity index (χ4n) is 1.50. The summed E-state index contributed by atoms with van der Waals surface area (Å²) in [5.41, 5.74) is 0. The van der Waals surface area contributed by atoms with Gasteiger partial charge in [-0.2, -0.15) is 13.2 Å². The second-order valence-electron chi connectivity index (χ2n) is 4.46. The summed E-state index contributed by atoms with van der Waals surface area (Å²) in [5.74, 6) is -1.39. The number of carboxylic acids is 1. The van der Waals surface area contributed by atoms with Gasteiger partial charge >= 0.3 is 18.2 Å². The Bertz CT molecular complexity index is 345. The predicted octanol–water partition coefficient (Wildman–Crippen LogP) is 3.25. The lowest BCUT2D eigenvalue weighted by molar-refractivity contribution is -0.143. The summed E-state index contributed by atoms with van der Waals surface area (Å²) in [6, 6.07) is -1.38. The van der Waals surface area contributed by atoms with Crippen LogP contribution in [-0.4, -0.2) is 36.0 Å². The molecule has 0 saturated heterocycles. The molecular formula is C13H20F3NO4. The van der Waals surface area contributed by atoms with Crippen molar-refractivity contribution in [1.29, 1.82) is 0 Å². The number of alkyl carbamates (subject to hydrolysis) is 1. The van der Waals surface area contributed by atoms with Gasteiger partial charge in [0, 0.05) is 6.42 Å². The Balaban J connectivity index is 3.99. The maximum Gasteiger partial charge on any atom is 0.407 e. The van der Waals surface area contributed by atoms with E-state index in [2.05, 4.69) is 6.58 Å². The fraction of sp³-hybridized carbons (Fsp3) is 0.692. The molecule has 0 aliphatic heterocycles. The molecule has 0 spiro atoms. The van der Waals surface area contributed by atoms with Crippen LogP contribution in [0.15, 0.2) is 12.7 Å². The highest BCUT2D eigenvalue weighted by Gasteiger charge is 2.28. The highest BCUT2D eigenvalue weighted by molar-refractivity contribution is 5.79. The van der Waals surface area contributed by atoms with E-state index < -0.39 is 30.7 Å². The first-order valence-corrected chi connectivity index (χ1v) is 6.60. The van der Waals surface area contributed by atoms with Crippen LogP contribution in [0.5, 0.6) is 0 Å². The van der Waals surface area contributed by atoms with E-state index in [0.29, 0.717) is 6.42 Å². The van der Waals surface area contributed by atoms with Gasteiger partial charge in [0.1, 0.15) is 6.04 Å². The highest BCUT2D eigenvalue weighted by Crippen LogP contribution is 2.22. The number of alkyl halides is 3. The number of unbranched alkanes of at least 4 members (excludes halogenated alkanes) is 2. The topological polar surface area (TPSA) is 75.6 Å². The fourth-order valence-corrected chi connectivity index (χ4v) is 1.50. The molecule has 2 N–H and O–H groups in total. The molecule has 0 aliphatic carbocycles. The van der Waals surface area contributed by atoms with Gasteiger partial charge in [-0.3, -0.25) is 0 Å². The smallest absolute Gasteiger partial charge is 0.407 e. The van der Waals surface area contributed by atoms with Crippen LogP contribution in [0.25, 0.3) is 0 Å². The standard InChI is InChI=1S/C13H20F3NO4/c1-2-3-4-5-9-21-12(20)17-10(11(18)19)7-6-8-13(14,15)16/h2,10H,1,3-9H2,(H,17,20)(H,18,19). The van der Waals surface area contributed by atoms with Crippen LogP contribution in [0.4, 0.5) is 18.0 Å². The number of carbonyl (C=O) groups excluding carboxylic acids is 1. The third-order valence-corrected chi connectivity index (χ3v) is 2.58. The van der Waals surface area contributed by atoms with E-state index >= 15 is 0 Å². The Hall–Kier alpha value is -1.73. The maximum absolute atomic E-state index is 12.0. The molecule has 21 heavy (non-hydrogen) atoms. The summed E-state index contributed by atoms with van der Waals surface area (Å²) in [6.07, 6.45) is -3.16. The van der Waals surface area contributed by atoms with Gasteiger partial charge in [0.05, 0.1) is 6.61 Å². The van der Waals surface area contributed by atoms with Crippen molar-refractivity contribution in [3.05, 3.63) is 12.7 Å². The second-order valence-corrected chi connectivity index (χ2v) is 4.46. The molecule has 0 aromatic carbocycles. The van der Waals surface area contributed by atoms with Gasteiger partial charge in [-0.25, -0.2) is 9.59 Å². The third-order valence-electron chi connectivity index (χ3n) is 2.58. The molecule has 0 aliphatic rings. The minimum absolute atomic E-state index is 0.120. The molecule has 0 saturated carbocycles. The summed E-state index contributed by atoms with van der Waals surface area (Å²) in [4.78, 5) is 22.2. The molecule has 1 atom stereocenters. The van der Waals surface area contributed by atoms with Crippen molar-refractivity contribution in [1.82, 2.24) is 5.32 Å². The average Bonchev–Trinajstić information content (AvgIpc) is 2.35. The van der Waals surface area contributed by atoms with Crippen molar-refractivity contribution in [2.75, 3.05) is 6.61 Å². The number of rotatable bonds is 10. The monoisotopic (exact) mass is 311 g/mol. The first kappa shape index (κ1) is 19.3. The van der Waals surface area contributed by atoms with Crippen LogP contribution in [0.1, 0.15) is 38.5 Å². The number of nitrogens with one attached hydrogen (secondary N) is 1. The summed E-state index contributed by atoms with van der Waals surface area (Å²) in [6.45, 7) is 3.65. The molecule has 0 aromatic heterocycles. The Morgan fingerprint density at radius 3 is 2.48 bits per heavy atom. The number of hydrogen-bond donors (Lipinski definition) is 2. The van der Waals surface area contributed by atoms with Gasteiger partial charge in [-0.05, 0) is 32.1 Å². The summed E-state index contributed by atoms with van der Waals surface area (Å²) in [5, 5.41) is 10.9. The zero-order valence-electron chi connectivity index (χ0n) is 11.6. The van der Waals surface area contributed by atoms with Crippen LogP contribution < -0.4 is 5.32 Å². The molecule has 122 valence electrons. The molecule has 1 unspecified atom stereocenters. The SMILES string of the molecule is C=CCCCCOC(=O)NC(CCCC(F)(F)F)C(=O)O. The quantitative estimate of drug-likeness (QED) is 0.479. The maximum atomic E-state index is 12.0. The molecule has 0 aromatic rings. The number of halogens is 3. The number of carbonyl (C=O) groups is 2. The van der Waals surface area contributed by atoms with Crippen LogP contribution in [0, 0.1) is 0 Å². The Kier molecular flexibility index (Phi) is 9.23. The minimum Gasteiger partial charge on any atom is -0.480 e. The molecule has 0 fully saturated rings. The average molecular weight is 311 g/mol. The van der Waals surface area contributed by atoms with Crippen molar-refractivity contribution in [2.24, 2.45) is 0 Å². The number of carboxylic acid groups (broad SMARTS) is 1. The van der Waals surface area contributed by atoms with Crippen LogP contribution in [-0.2, 0) is 9.53 Å². The van der Waals surface area contributed by atoms with E-state index in [1.54, 1.807) is 6.08 Å². The number of allylic oxidation sites excluding steroid dienone is 1. The largest absolute Gasteiger partial charge is 0.480 e. The van der Waals surface area contributed by atoms with E-state index in [-0.39, 0.29) is 19.4 Å². The zero-order chi connectivity index (χ0) is 16.3. The van der Waals surface area contributed by atoms with Gasteiger partial charge in [-0.15, -0.1) is 6.58 Å². The second kappa shape index (κ2) is 10.1. The van der Waals surface area contributed by atoms with Crippen molar-refractivity contribution in [2.45, 2.75) is 50.7 Å². The van der Waals surface area contributed by atoms with Crippen molar-refractivity contribution < 1.29 is 32.6 Å². The summed E-state index contributed by atoms with van der Waals surface area (Å²) < 4.78 is 40.7. The van der Waals surface area contributed by atoms with E-state index in [1.165, 1.54) is 0 Å².